The number of piperidine rings is 1. The predicted molar refractivity (Wildman–Crippen MR) is 72.1 cm³/mol. The molecule has 2 heteroatoms. The van der Waals surface area contributed by atoms with Gasteiger partial charge in [-0.05, 0) is 39.7 Å². The van der Waals surface area contributed by atoms with Crippen LogP contribution < -0.4 is 0 Å². The lowest BCUT2D eigenvalue weighted by Crippen LogP contribution is -2.60. The van der Waals surface area contributed by atoms with Crippen LogP contribution in [-0.4, -0.2) is 34.7 Å². The summed E-state index contributed by atoms with van der Waals surface area (Å²) in [6.07, 6.45) is 9.56. The standard InChI is InChI=1S/C15H29NO/c1-4-5-10-15(17)11-12(2)16(3)14-9-7-6-8-13(14)15/h12-14,17H,4-11H2,1-3H3. The number of unbranched alkanes of at least 4 members (excludes halogenated alkanes) is 1. The van der Waals surface area contributed by atoms with Gasteiger partial charge < -0.3 is 10.0 Å². The molecule has 2 nitrogen and oxygen atoms in total. The Kier molecular flexibility index (Phi) is 4.14. The van der Waals surface area contributed by atoms with Gasteiger partial charge in [-0.3, -0.25) is 0 Å². The molecule has 0 aromatic carbocycles. The smallest absolute Gasteiger partial charge is 0.0705 e. The van der Waals surface area contributed by atoms with Crippen LogP contribution in [0.4, 0.5) is 0 Å². The van der Waals surface area contributed by atoms with Gasteiger partial charge in [-0.25, -0.2) is 0 Å². The van der Waals surface area contributed by atoms with Gasteiger partial charge in [-0.1, -0.05) is 32.6 Å². The van der Waals surface area contributed by atoms with E-state index in [4.69, 9.17) is 0 Å². The Labute approximate surface area is 106 Å². The second-order valence-electron chi connectivity index (χ2n) is 6.38. The highest BCUT2D eigenvalue weighted by molar-refractivity contribution is 5.02. The summed E-state index contributed by atoms with van der Waals surface area (Å²) in [5.74, 6) is 0.531. The fourth-order valence-electron chi connectivity index (χ4n) is 4.13. The van der Waals surface area contributed by atoms with Gasteiger partial charge in [0.1, 0.15) is 0 Å². The van der Waals surface area contributed by atoms with Gasteiger partial charge in [0, 0.05) is 18.0 Å². The van der Waals surface area contributed by atoms with Crippen LogP contribution in [0.25, 0.3) is 0 Å². The van der Waals surface area contributed by atoms with Crippen LogP contribution >= 0.6 is 0 Å². The fraction of sp³-hybridized carbons (Fsp3) is 1.00. The predicted octanol–water partition coefficient (Wildman–Crippen LogP) is 3.19. The van der Waals surface area contributed by atoms with Gasteiger partial charge in [0.05, 0.1) is 5.60 Å². The summed E-state index contributed by atoms with van der Waals surface area (Å²) in [6.45, 7) is 4.50. The molecule has 17 heavy (non-hydrogen) atoms. The number of likely N-dealkylation sites (tertiary alicyclic amines) is 1. The van der Waals surface area contributed by atoms with E-state index >= 15 is 0 Å². The maximum atomic E-state index is 11.1. The number of nitrogens with zero attached hydrogens (tertiary/aromatic N) is 1. The van der Waals surface area contributed by atoms with E-state index in [1.54, 1.807) is 0 Å². The molecular weight excluding hydrogens is 210 g/mol. The molecule has 1 aliphatic carbocycles. The quantitative estimate of drug-likeness (QED) is 0.817. The summed E-state index contributed by atoms with van der Waals surface area (Å²) in [6, 6.07) is 1.17. The molecule has 100 valence electrons. The van der Waals surface area contributed by atoms with Crippen molar-refractivity contribution >= 4 is 0 Å². The van der Waals surface area contributed by atoms with Crippen LogP contribution in [0.1, 0.15) is 65.2 Å². The summed E-state index contributed by atoms with van der Waals surface area (Å²) >= 11 is 0. The Hall–Kier alpha value is -0.0800. The highest BCUT2D eigenvalue weighted by atomic mass is 16.3. The molecule has 1 saturated heterocycles. The molecule has 0 radical (unpaired) electrons. The Morgan fingerprint density at radius 2 is 2.00 bits per heavy atom. The van der Waals surface area contributed by atoms with E-state index in [1.807, 2.05) is 0 Å². The zero-order valence-electron chi connectivity index (χ0n) is 11.8. The molecular formula is C15H29NO. The minimum absolute atomic E-state index is 0.368. The number of hydrogen-bond donors (Lipinski definition) is 1. The van der Waals surface area contributed by atoms with Gasteiger partial charge in [-0.15, -0.1) is 0 Å². The van der Waals surface area contributed by atoms with E-state index in [9.17, 15) is 5.11 Å². The number of hydrogen-bond acceptors (Lipinski definition) is 2. The number of fused-ring (bicyclic) bond motifs is 1. The third-order valence-corrected chi connectivity index (χ3v) is 5.25. The van der Waals surface area contributed by atoms with Crippen molar-refractivity contribution in [2.75, 3.05) is 7.05 Å². The molecule has 1 aliphatic heterocycles. The molecule has 2 fully saturated rings. The van der Waals surface area contributed by atoms with Gasteiger partial charge in [0.2, 0.25) is 0 Å². The van der Waals surface area contributed by atoms with Crippen LogP contribution in [0.15, 0.2) is 0 Å². The van der Waals surface area contributed by atoms with E-state index in [1.165, 1.54) is 38.5 Å². The van der Waals surface area contributed by atoms with Crippen LogP contribution in [0.5, 0.6) is 0 Å². The first-order valence-electron chi connectivity index (χ1n) is 7.53. The van der Waals surface area contributed by atoms with Gasteiger partial charge in [0.15, 0.2) is 0 Å². The second kappa shape index (κ2) is 5.27. The molecule has 0 bridgehead atoms. The summed E-state index contributed by atoms with van der Waals surface area (Å²) < 4.78 is 0. The van der Waals surface area contributed by atoms with Gasteiger partial charge >= 0.3 is 0 Å². The topological polar surface area (TPSA) is 23.5 Å². The maximum Gasteiger partial charge on any atom is 0.0705 e. The first-order chi connectivity index (χ1) is 8.08. The van der Waals surface area contributed by atoms with E-state index in [0.29, 0.717) is 18.0 Å². The monoisotopic (exact) mass is 239 g/mol. The van der Waals surface area contributed by atoms with Crippen molar-refractivity contribution in [2.24, 2.45) is 5.92 Å². The van der Waals surface area contributed by atoms with E-state index in [-0.39, 0.29) is 5.60 Å². The molecule has 0 aromatic heterocycles. The Morgan fingerprint density at radius 1 is 1.29 bits per heavy atom. The molecule has 0 aromatic rings. The van der Waals surface area contributed by atoms with E-state index in [0.717, 1.165) is 12.8 Å². The lowest BCUT2D eigenvalue weighted by atomic mass is 9.66. The van der Waals surface area contributed by atoms with Crippen LogP contribution in [0.3, 0.4) is 0 Å². The summed E-state index contributed by atoms with van der Waals surface area (Å²) in [7, 11) is 2.26. The Bertz CT molecular complexity index is 255. The normalized spacial score (nSPS) is 43.4. The Balaban J connectivity index is 2.14. The van der Waals surface area contributed by atoms with Crippen molar-refractivity contribution in [1.29, 1.82) is 0 Å². The first-order valence-corrected chi connectivity index (χ1v) is 7.53. The minimum Gasteiger partial charge on any atom is -0.389 e. The average molecular weight is 239 g/mol. The zero-order chi connectivity index (χ0) is 12.5. The summed E-state index contributed by atoms with van der Waals surface area (Å²) in [5.41, 5.74) is -0.368. The minimum atomic E-state index is -0.368. The number of rotatable bonds is 3. The second-order valence-corrected chi connectivity index (χ2v) is 6.38. The van der Waals surface area contributed by atoms with Crippen molar-refractivity contribution in [2.45, 2.75) is 82.9 Å². The van der Waals surface area contributed by atoms with Crippen LogP contribution in [0, 0.1) is 5.92 Å². The van der Waals surface area contributed by atoms with Crippen molar-refractivity contribution in [3.63, 3.8) is 0 Å². The van der Waals surface area contributed by atoms with Crippen molar-refractivity contribution in [3.05, 3.63) is 0 Å². The summed E-state index contributed by atoms with van der Waals surface area (Å²) in [4.78, 5) is 2.53. The van der Waals surface area contributed by atoms with E-state index < -0.39 is 0 Å². The SMILES string of the molecule is CCCCC1(O)CC(C)N(C)C2CCCCC21. The largest absolute Gasteiger partial charge is 0.389 e. The molecule has 4 atom stereocenters. The van der Waals surface area contributed by atoms with Crippen molar-refractivity contribution in [1.82, 2.24) is 4.90 Å². The third kappa shape index (κ3) is 2.53. The van der Waals surface area contributed by atoms with Crippen LogP contribution in [-0.2, 0) is 0 Å². The molecule has 1 N–H and O–H groups in total. The molecule has 0 amide bonds. The highest BCUT2D eigenvalue weighted by Gasteiger charge is 2.48. The fourth-order valence-corrected chi connectivity index (χ4v) is 4.13. The third-order valence-electron chi connectivity index (χ3n) is 5.25. The van der Waals surface area contributed by atoms with Crippen molar-refractivity contribution < 1.29 is 5.11 Å². The maximum absolute atomic E-state index is 11.1. The highest BCUT2D eigenvalue weighted by Crippen LogP contribution is 2.45. The summed E-state index contributed by atoms with van der Waals surface area (Å²) in [5, 5.41) is 11.1. The molecule has 1 saturated carbocycles. The molecule has 4 unspecified atom stereocenters. The van der Waals surface area contributed by atoms with Crippen molar-refractivity contribution in [3.8, 4) is 0 Å². The first kappa shape index (κ1) is 13.4. The average Bonchev–Trinajstić information content (AvgIpc) is 2.34. The zero-order valence-corrected chi connectivity index (χ0v) is 11.8. The molecule has 2 aliphatic rings. The van der Waals surface area contributed by atoms with Gasteiger partial charge in [0.25, 0.3) is 0 Å². The number of aliphatic hydroxyl groups is 1. The Morgan fingerprint density at radius 3 is 2.71 bits per heavy atom. The van der Waals surface area contributed by atoms with Crippen LogP contribution in [0.2, 0.25) is 0 Å². The lowest BCUT2D eigenvalue weighted by molar-refractivity contribution is -0.131. The molecule has 2 rings (SSSR count). The van der Waals surface area contributed by atoms with Gasteiger partial charge in [-0.2, -0.15) is 0 Å². The molecule has 1 heterocycles. The van der Waals surface area contributed by atoms with E-state index in [2.05, 4.69) is 25.8 Å². The lowest BCUT2D eigenvalue weighted by Gasteiger charge is -2.54. The molecule has 0 spiro atoms.